The number of nitrogens with one attached hydrogen (secondary N) is 1. The van der Waals surface area contributed by atoms with Crippen LogP contribution in [0.15, 0.2) is 40.8 Å². The Hall–Kier alpha value is -3.66. The van der Waals surface area contributed by atoms with Crippen LogP contribution in [-0.4, -0.2) is 35.0 Å². The number of carbonyl (C=O) groups is 1. The van der Waals surface area contributed by atoms with Crippen molar-refractivity contribution in [3.63, 3.8) is 0 Å². The highest BCUT2D eigenvalue weighted by molar-refractivity contribution is 5.83. The molecule has 0 aliphatic carbocycles. The van der Waals surface area contributed by atoms with E-state index in [2.05, 4.69) is 10.3 Å². The minimum atomic E-state index is -0.673. The van der Waals surface area contributed by atoms with Crippen LogP contribution in [0.1, 0.15) is 33.3 Å². The average Bonchev–Trinajstić information content (AvgIpc) is 3.14. The Morgan fingerprint density at radius 2 is 2.00 bits per heavy atom. The number of fused-ring (bicyclic) bond motifs is 1. The van der Waals surface area contributed by atoms with Gasteiger partial charge in [0.05, 0.1) is 12.1 Å². The molecule has 10 heteroatoms. The van der Waals surface area contributed by atoms with Crippen LogP contribution < -0.4 is 10.1 Å². The Labute approximate surface area is 184 Å². The van der Waals surface area contributed by atoms with Crippen molar-refractivity contribution in [2.45, 2.75) is 39.8 Å². The Morgan fingerprint density at radius 1 is 1.22 bits per heavy atom. The first-order valence-electron chi connectivity index (χ1n) is 10.0. The van der Waals surface area contributed by atoms with Gasteiger partial charge in [-0.2, -0.15) is 0 Å². The summed E-state index contributed by atoms with van der Waals surface area (Å²) in [6.45, 7) is 7.65. The van der Waals surface area contributed by atoms with E-state index in [0.29, 0.717) is 29.4 Å². The molecule has 0 bridgehead atoms. The number of pyridine rings is 1. The SMILES string of the molecule is CCOCOc1ccc2oc(-c3ccc(CNC(=O)OC(C)(C)C)c([N+](=O)[O-])n3)cc2c1. The molecule has 0 saturated carbocycles. The summed E-state index contributed by atoms with van der Waals surface area (Å²) in [6.07, 6.45) is -0.671. The van der Waals surface area contributed by atoms with Gasteiger partial charge in [-0.3, -0.25) is 0 Å². The number of aromatic nitrogens is 1. The van der Waals surface area contributed by atoms with E-state index in [1.807, 2.05) is 6.92 Å². The predicted molar refractivity (Wildman–Crippen MR) is 116 cm³/mol. The maximum atomic E-state index is 11.9. The molecule has 2 aromatic heterocycles. The maximum absolute atomic E-state index is 11.9. The molecule has 0 radical (unpaired) electrons. The van der Waals surface area contributed by atoms with Crippen molar-refractivity contribution in [2.75, 3.05) is 13.4 Å². The molecule has 3 rings (SSSR count). The second-order valence-corrected chi connectivity index (χ2v) is 7.86. The minimum absolute atomic E-state index is 0.0980. The lowest BCUT2D eigenvalue weighted by Gasteiger charge is -2.19. The van der Waals surface area contributed by atoms with E-state index in [0.717, 1.165) is 5.39 Å². The number of nitrogens with zero attached hydrogens (tertiary/aromatic N) is 2. The van der Waals surface area contributed by atoms with Gasteiger partial charge in [-0.05, 0) is 74.0 Å². The predicted octanol–water partition coefficient (Wildman–Crippen LogP) is 4.80. The normalized spacial score (nSPS) is 11.4. The molecule has 0 unspecified atom stereocenters. The molecule has 1 amide bonds. The molecule has 170 valence electrons. The van der Waals surface area contributed by atoms with Crippen LogP contribution >= 0.6 is 0 Å². The van der Waals surface area contributed by atoms with E-state index in [-0.39, 0.29) is 24.7 Å². The van der Waals surface area contributed by atoms with E-state index < -0.39 is 16.6 Å². The first-order valence-corrected chi connectivity index (χ1v) is 10.0. The number of furan rings is 1. The molecule has 2 heterocycles. The number of hydrogen-bond donors (Lipinski definition) is 1. The molecule has 0 atom stereocenters. The standard InChI is InChI=1S/C22H25N3O7/c1-5-29-13-30-16-7-9-18-15(10-16)11-19(31-18)17-8-6-14(20(24-17)25(27)28)12-23-21(26)32-22(2,3)4/h6-11H,5,12-13H2,1-4H3,(H,23,26). The number of ether oxygens (including phenoxy) is 3. The van der Waals surface area contributed by atoms with Gasteiger partial charge in [0.1, 0.15) is 16.9 Å². The lowest BCUT2D eigenvalue weighted by Crippen LogP contribution is -2.32. The topological polar surface area (TPSA) is 126 Å². The summed E-state index contributed by atoms with van der Waals surface area (Å²) in [5, 5.41) is 14.8. The molecule has 10 nitrogen and oxygen atoms in total. The third-order valence-corrected chi connectivity index (χ3v) is 4.20. The fourth-order valence-electron chi connectivity index (χ4n) is 2.82. The van der Waals surface area contributed by atoms with Gasteiger partial charge in [-0.25, -0.2) is 4.79 Å². The zero-order valence-electron chi connectivity index (χ0n) is 18.3. The summed E-state index contributed by atoms with van der Waals surface area (Å²) in [4.78, 5) is 27.0. The van der Waals surface area contributed by atoms with Crippen LogP contribution in [-0.2, 0) is 16.0 Å². The minimum Gasteiger partial charge on any atom is -0.468 e. The Kier molecular flexibility index (Phi) is 6.94. The molecular formula is C22H25N3O7. The van der Waals surface area contributed by atoms with Gasteiger partial charge >= 0.3 is 11.9 Å². The zero-order chi connectivity index (χ0) is 23.3. The summed E-state index contributed by atoms with van der Waals surface area (Å²) in [5.41, 5.74) is 0.454. The Morgan fingerprint density at radius 3 is 2.69 bits per heavy atom. The molecule has 0 aliphatic rings. The van der Waals surface area contributed by atoms with Crippen LogP contribution in [0.2, 0.25) is 0 Å². The van der Waals surface area contributed by atoms with Gasteiger partial charge < -0.3 is 34.1 Å². The fraction of sp³-hybridized carbons (Fsp3) is 0.364. The molecule has 0 fully saturated rings. The Balaban J connectivity index is 1.80. The molecule has 0 spiro atoms. The molecule has 1 N–H and O–H groups in total. The summed E-state index contributed by atoms with van der Waals surface area (Å²) in [5.74, 6) is 0.609. The third-order valence-electron chi connectivity index (χ3n) is 4.20. The second kappa shape index (κ2) is 9.65. The smallest absolute Gasteiger partial charge is 0.407 e. The lowest BCUT2D eigenvalue weighted by atomic mass is 10.2. The zero-order valence-corrected chi connectivity index (χ0v) is 18.3. The van der Waals surface area contributed by atoms with Crippen molar-refractivity contribution in [2.24, 2.45) is 0 Å². The highest BCUT2D eigenvalue weighted by Crippen LogP contribution is 2.31. The van der Waals surface area contributed by atoms with E-state index in [9.17, 15) is 14.9 Å². The van der Waals surface area contributed by atoms with Gasteiger partial charge in [0.25, 0.3) is 0 Å². The number of rotatable bonds is 8. The first-order chi connectivity index (χ1) is 15.2. The molecule has 32 heavy (non-hydrogen) atoms. The highest BCUT2D eigenvalue weighted by atomic mass is 16.7. The van der Waals surface area contributed by atoms with Crippen LogP contribution in [0.25, 0.3) is 22.4 Å². The van der Waals surface area contributed by atoms with E-state index in [4.69, 9.17) is 18.6 Å². The van der Waals surface area contributed by atoms with Gasteiger partial charge in [0, 0.05) is 12.0 Å². The molecular weight excluding hydrogens is 418 g/mol. The summed E-state index contributed by atoms with van der Waals surface area (Å²) in [7, 11) is 0. The molecule has 3 aromatic rings. The van der Waals surface area contributed by atoms with E-state index >= 15 is 0 Å². The number of nitro groups is 1. The first kappa shape index (κ1) is 23.0. The van der Waals surface area contributed by atoms with Gasteiger partial charge in [0.2, 0.25) is 5.69 Å². The number of carbonyl (C=O) groups excluding carboxylic acids is 1. The number of benzene rings is 1. The van der Waals surface area contributed by atoms with Crippen molar-refractivity contribution in [3.8, 4) is 17.2 Å². The quantitative estimate of drug-likeness (QED) is 0.228. The summed E-state index contributed by atoms with van der Waals surface area (Å²) in [6, 6.07) is 10.1. The summed E-state index contributed by atoms with van der Waals surface area (Å²) >= 11 is 0. The lowest BCUT2D eigenvalue weighted by molar-refractivity contribution is -0.390. The third kappa shape index (κ3) is 5.94. The van der Waals surface area contributed by atoms with E-state index in [1.54, 1.807) is 51.1 Å². The number of alkyl carbamates (subject to hydrolysis) is 1. The van der Waals surface area contributed by atoms with E-state index in [1.165, 1.54) is 6.07 Å². The van der Waals surface area contributed by atoms with Crippen molar-refractivity contribution < 1.29 is 28.3 Å². The Bertz CT molecular complexity index is 1120. The molecule has 1 aromatic carbocycles. The maximum Gasteiger partial charge on any atom is 0.407 e. The van der Waals surface area contributed by atoms with Crippen LogP contribution in [0.5, 0.6) is 5.75 Å². The number of amides is 1. The highest BCUT2D eigenvalue weighted by Gasteiger charge is 2.22. The second-order valence-electron chi connectivity index (χ2n) is 7.86. The molecule has 0 saturated heterocycles. The van der Waals surface area contributed by atoms with Crippen molar-refractivity contribution in [3.05, 3.63) is 52.1 Å². The monoisotopic (exact) mass is 443 g/mol. The van der Waals surface area contributed by atoms with Gasteiger partial charge in [-0.15, -0.1) is 0 Å². The molecule has 0 aliphatic heterocycles. The fourth-order valence-corrected chi connectivity index (χ4v) is 2.82. The van der Waals surface area contributed by atoms with Crippen molar-refractivity contribution in [1.82, 2.24) is 10.3 Å². The summed E-state index contributed by atoms with van der Waals surface area (Å²) < 4.78 is 21.6. The van der Waals surface area contributed by atoms with Gasteiger partial charge in [-0.1, -0.05) is 0 Å². The number of hydrogen-bond acceptors (Lipinski definition) is 8. The van der Waals surface area contributed by atoms with Crippen molar-refractivity contribution in [1.29, 1.82) is 0 Å². The van der Waals surface area contributed by atoms with Crippen LogP contribution in [0, 0.1) is 10.1 Å². The van der Waals surface area contributed by atoms with Crippen molar-refractivity contribution >= 4 is 22.9 Å². The average molecular weight is 443 g/mol. The largest absolute Gasteiger partial charge is 0.468 e. The van der Waals surface area contributed by atoms with Crippen LogP contribution in [0.3, 0.4) is 0 Å². The van der Waals surface area contributed by atoms with Crippen LogP contribution in [0.4, 0.5) is 10.6 Å². The van der Waals surface area contributed by atoms with Gasteiger partial charge in [0.15, 0.2) is 12.6 Å².